The fourth-order valence-corrected chi connectivity index (χ4v) is 2.56. The zero-order chi connectivity index (χ0) is 12.9. The summed E-state index contributed by atoms with van der Waals surface area (Å²) in [7, 11) is -3.14. The molecule has 0 amide bonds. The summed E-state index contributed by atoms with van der Waals surface area (Å²) in [5.41, 5.74) is 0.981. The van der Waals surface area contributed by atoms with Crippen molar-refractivity contribution in [2.24, 2.45) is 0 Å². The van der Waals surface area contributed by atoms with E-state index in [4.69, 9.17) is 5.26 Å². The summed E-state index contributed by atoms with van der Waals surface area (Å²) >= 11 is 0. The molecule has 0 heterocycles. The lowest BCUT2D eigenvalue weighted by molar-refractivity contribution is 0.596. The first kappa shape index (κ1) is 13.7. The van der Waals surface area contributed by atoms with Crippen molar-refractivity contribution in [2.45, 2.75) is 37.5 Å². The molecule has 92 valence electrons. The van der Waals surface area contributed by atoms with Gasteiger partial charge in [0.15, 0.2) is 9.84 Å². The van der Waals surface area contributed by atoms with Crippen LogP contribution in [0.5, 0.6) is 0 Å². The Morgan fingerprint density at radius 2 is 2.12 bits per heavy atom. The molecule has 0 bridgehead atoms. The fourth-order valence-electron chi connectivity index (χ4n) is 1.63. The second-order valence-electron chi connectivity index (χ2n) is 4.07. The molecule has 0 N–H and O–H groups in total. The van der Waals surface area contributed by atoms with Gasteiger partial charge < -0.3 is 0 Å². The fraction of sp³-hybridized carbons (Fsp3) is 0.462. The van der Waals surface area contributed by atoms with Crippen LogP contribution in [-0.4, -0.2) is 14.2 Å². The van der Waals surface area contributed by atoms with E-state index >= 15 is 0 Å². The Balaban J connectivity index is 2.98. The largest absolute Gasteiger partial charge is 0.224 e. The van der Waals surface area contributed by atoms with Crippen LogP contribution in [0.25, 0.3) is 0 Å². The molecule has 0 fully saturated rings. The molecule has 0 aliphatic rings. The summed E-state index contributed by atoms with van der Waals surface area (Å²) < 4.78 is 23.5. The molecule has 0 radical (unpaired) electrons. The highest BCUT2D eigenvalue weighted by atomic mass is 32.2. The summed E-state index contributed by atoms with van der Waals surface area (Å²) in [5, 5.41) is 8.54. The Kier molecular flexibility index (Phi) is 4.71. The molecule has 1 atom stereocenters. The topological polar surface area (TPSA) is 57.9 Å². The predicted molar refractivity (Wildman–Crippen MR) is 67.4 cm³/mol. The first-order valence-corrected chi connectivity index (χ1v) is 7.36. The Hall–Kier alpha value is -1.34. The zero-order valence-electron chi connectivity index (χ0n) is 10.2. The minimum Gasteiger partial charge on any atom is -0.224 e. The molecule has 1 unspecified atom stereocenters. The van der Waals surface area contributed by atoms with E-state index in [1.165, 1.54) is 0 Å². The Labute approximate surface area is 103 Å². The Morgan fingerprint density at radius 1 is 1.41 bits per heavy atom. The van der Waals surface area contributed by atoms with Gasteiger partial charge in [-0.2, -0.15) is 5.26 Å². The third kappa shape index (κ3) is 3.57. The third-order valence-electron chi connectivity index (χ3n) is 2.86. The first-order valence-electron chi connectivity index (χ1n) is 5.71. The normalized spacial score (nSPS) is 13.0. The summed E-state index contributed by atoms with van der Waals surface area (Å²) in [5.74, 6) is 0.324. The molecule has 1 aromatic rings. The van der Waals surface area contributed by atoms with E-state index in [0.29, 0.717) is 11.3 Å². The van der Waals surface area contributed by atoms with Crippen LogP contribution >= 0.6 is 0 Å². The SMILES string of the molecule is CCS(=O)(=O)c1cccc(C(C)CCC#N)c1. The lowest BCUT2D eigenvalue weighted by Crippen LogP contribution is -2.04. The maximum atomic E-state index is 11.7. The van der Waals surface area contributed by atoms with E-state index in [1.54, 1.807) is 25.1 Å². The van der Waals surface area contributed by atoms with Crippen molar-refractivity contribution in [1.82, 2.24) is 0 Å². The molecule has 0 spiro atoms. The van der Waals surface area contributed by atoms with Gasteiger partial charge in [0.25, 0.3) is 0 Å². The van der Waals surface area contributed by atoms with Gasteiger partial charge in [0, 0.05) is 6.42 Å². The van der Waals surface area contributed by atoms with Crippen LogP contribution in [0.4, 0.5) is 0 Å². The average Bonchev–Trinajstić information content (AvgIpc) is 2.36. The van der Waals surface area contributed by atoms with Crippen LogP contribution in [-0.2, 0) is 9.84 Å². The molecule has 1 rings (SSSR count). The number of hydrogen-bond acceptors (Lipinski definition) is 3. The van der Waals surface area contributed by atoms with Crippen molar-refractivity contribution in [3.05, 3.63) is 29.8 Å². The van der Waals surface area contributed by atoms with Crippen molar-refractivity contribution in [3.63, 3.8) is 0 Å². The highest BCUT2D eigenvalue weighted by Gasteiger charge is 2.13. The maximum absolute atomic E-state index is 11.7. The second kappa shape index (κ2) is 5.83. The average molecular weight is 251 g/mol. The van der Waals surface area contributed by atoms with Crippen LogP contribution in [0.2, 0.25) is 0 Å². The maximum Gasteiger partial charge on any atom is 0.178 e. The van der Waals surface area contributed by atoms with E-state index in [2.05, 4.69) is 6.07 Å². The molecule has 0 aliphatic heterocycles. The quantitative estimate of drug-likeness (QED) is 0.808. The van der Waals surface area contributed by atoms with E-state index < -0.39 is 9.84 Å². The van der Waals surface area contributed by atoms with Crippen LogP contribution < -0.4 is 0 Å². The molecule has 1 aromatic carbocycles. The smallest absolute Gasteiger partial charge is 0.178 e. The molecule has 3 nitrogen and oxygen atoms in total. The summed E-state index contributed by atoms with van der Waals surface area (Å²) in [6.07, 6.45) is 1.25. The van der Waals surface area contributed by atoms with Gasteiger partial charge in [-0.1, -0.05) is 26.0 Å². The molecule has 17 heavy (non-hydrogen) atoms. The molecular weight excluding hydrogens is 234 g/mol. The predicted octanol–water partition coefficient (Wildman–Crippen LogP) is 2.89. The van der Waals surface area contributed by atoms with Crippen molar-refractivity contribution in [3.8, 4) is 6.07 Å². The van der Waals surface area contributed by atoms with Gasteiger partial charge in [-0.25, -0.2) is 8.42 Å². The van der Waals surface area contributed by atoms with E-state index in [-0.39, 0.29) is 11.7 Å². The summed E-state index contributed by atoms with van der Waals surface area (Å²) in [6.45, 7) is 3.65. The first-order chi connectivity index (χ1) is 8.01. The van der Waals surface area contributed by atoms with Gasteiger partial charge in [-0.3, -0.25) is 0 Å². The molecular formula is C13H17NO2S. The number of nitrogens with zero attached hydrogens (tertiary/aromatic N) is 1. The third-order valence-corrected chi connectivity index (χ3v) is 4.59. The van der Waals surface area contributed by atoms with Gasteiger partial charge in [-0.15, -0.1) is 0 Å². The van der Waals surface area contributed by atoms with E-state index in [1.807, 2.05) is 13.0 Å². The molecule has 0 saturated heterocycles. The lowest BCUT2D eigenvalue weighted by Gasteiger charge is -2.11. The highest BCUT2D eigenvalue weighted by molar-refractivity contribution is 7.91. The van der Waals surface area contributed by atoms with Gasteiger partial charge in [0.1, 0.15) is 0 Å². The number of benzene rings is 1. The second-order valence-corrected chi connectivity index (χ2v) is 6.35. The highest BCUT2D eigenvalue weighted by Crippen LogP contribution is 2.23. The van der Waals surface area contributed by atoms with Gasteiger partial charge in [0.2, 0.25) is 0 Å². The molecule has 0 aliphatic carbocycles. The van der Waals surface area contributed by atoms with Crippen molar-refractivity contribution >= 4 is 9.84 Å². The molecule has 0 saturated carbocycles. The number of hydrogen-bond donors (Lipinski definition) is 0. The Morgan fingerprint density at radius 3 is 2.71 bits per heavy atom. The zero-order valence-corrected chi connectivity index (χ0v) is 11.0. The van der Waals surface area contributed by atoms with Gasteiger partial charge in [-0.05, 0) is 30.0 Å². The van der Waals surface area contributed by atoms with E-state index in [9.17, 15) is 8.42 Å². The molecule has 0 aromatic heterocycles. The summed E-state index contributed by atoms with van der Waals surface area (Å²) in [4.78, 5) is 0.376. The van der Waals surface area contributed by atoms with Crippen LogP contribution in [0.15, 0.2) is 29.2 Å². The summed E-state index contributed by atoms with van der Waals surface area (Å²) in [6, 6.07) is 9.13. The van der Waals surface area contributed by atoms with Crippen LogP contribution in [0.3, 0.4) is 0 Å². The minimum atomic E-state index is -3.14. The van der Waals surface area contributed by atoms with Crippen molar-refractivity contribution in [2.75, 3.05) is 5.75 Å². The van der Waals surface area contributed by atoms with Crippen LogP contribution in [0.1, 0.15) is 38.2 Å². The van der Waals surface area contributed by atoms with Crippen molar-refractivity contribution < 1.29 is 8.42 Å². The number of sulfone groups is 1. The standard InChI is InChI=1S/C13H17NO2S/c1-3-17(15,16)13-8-4-7-12(10-13)11(2)6-5-9-14/h4,7-8,10-11H,3,5-6H2,1-2H3. The van der Waals surface area contributed by atoms with Crippen LogP contribution in [0, 0.1) is 11.3 Å². The Bertz CT molecular complexity index is 514. The number of nitriles is 1. The number of rotatable bonds is 5. The monoisotopic (exact) mass is 251 g/mol. The van der Waals surface area contributed by atoms with E-state index in [0.717, 1.165) is 12.0 Å². The minimum absolute atomic E-state index is 0.114. The van der Waals surface area contributed by atoms with Gasteiger partial charge >= 0.3 is 0 Å². The van der Waals surface area contributed by atoms with Gasteiger partial charge in [0.05, 0.1) is 16.7 Å². The molecule has 4 heteroatoms. The lowest BCUT2D eigenvalue weighted by atomic mass is 9.97. The van der Waals surface area contributed by atoms with Crippen molar-refractivity contribution in [1.29, 1.82) is 5.26 Å².